The van der Waals surface area contributed by atoms with Crippen LogP contribution in [0.15, 0.2) is 48.5 Å². The van der Waals surface area contributed by atoms with Crippen LogP contribution >= 0.6 is 0 Å². The lowest BCUT2D eigenvalue weighted by Crippen LogP contribution is -2.46. The number of nitrogens with zero attached hydrogens (tertiary/aromatic N) is 1. The molecule has 0 bridgehead atoms. The van der Waals surface area contributed by atoms with E-state index in [-0.39, 0.29) is 11.9 Å². The molecule has 29 heavy (non-hydrogen) atoms. The molecule has 0 aliphatic carbocycles. The summed E-state index contributed by atoms with van der Waals surface area (Å²) in [6, 6.07) is 16.4. The van der Waals surface area contributed by atoms with Crippen molar-refractivity contribution in [2.75, 3.05) is 37.5 Å². The maximum Gasteiger partial charge on any atom is 0.226 e. The van der Waals surface area contributed by atoms with Gasteiger partial charge in [0.1, 0.15) is 11.5 Å². The number of hydrogen-bond donors (Lipinski definition) is 2. The lowest BCUT2D eigenvalue weighted by atomic mass is 10.0. The molecule has 1 saturated heterocycles. The third kappa shape index (κ3) is 5.87. The van der Waals surface area contributed by atoms with Crippen molar-refractivity contribution >= 4 is 17.3 Å². The molecular weight excluding hydrogens is 366 g/mol. The molecule has 1 heterocycles. The minimum absolute atomic E-state index is 0.0433. The van der Waals surface area contributed by atoms with Gasteiger partial charge in [-0.15, -0.1) is 0 Å². The Morgan fingerprint density at radius 2 is 1.83 bits per heavy atom. The fourth-order valence-corrected chi connectivity index (χ4v) is 3.80. The highest BCUT2D eigenvalue weighted by atomic mass is 16.5. The lowest BCUT2D eigenvalue weighted by molar-refractivity contribution is -0.116. The molecule has 0 aromatic heterocycles. The average molecular weight is 398 g/mol. The number of para-hydroxylation sites is 1. The molecule has 1 fully saturated rings. The summed E-state index contributed by atoms with van der Waals surface area (Å²) in [5.74, 6) is 1.25. The van der Waals surface area contributed by atoms with Crippen LogP contribution in [-0.2, 0) is 4.79 Å². The molecule has 0 saturated carbocycles. The molecule has 6 nitrogen and oxygen atoms in total. The second kappa shape index (κ2) is 10.2. The smallest absolute Gasteiger partial charge is 0.226 e. The second-order valence-corrected chi connectivity index (χ2v) is 7.48. The number of piperidine rings is 1. The first kappa shape index (κ1) is 21.0. The van der Waals surface area contributed by atoms with Gasteiger partial charge in [0.05, 0.1) is 19.9 Å². The molecule has 156 valence electrons. The summed E-state index contributed by atoms with van der Waals surface area (Å²) in [5, 5.41) is 6.56. The molecule has 1 aliphatic heterocycles. The Kier molecular flexibility index (Phi) is 7.36. The predicted octanol–water partition coefficient (Wildman–Crippen LogP) is 3.68. The largest absolute Gasteiger partial charge is 0.497 e. The molecule has 1 atom stereocenters. The van der Waals surface area contributed by atoms with Crippen LogP contribution in [0.3, 0.4) is 0 Å². The number of benzene rings is 2. The van der Waals surface area contributed by atoms with Gasteiger partial charge in [-0.05, 0) is 44.0 Å². The van der Waals surface area contributed by atoms with E-state index >= 15 is 0 Å². The van der Waals surface area contributed by atoms with Crippen LogP contribution in [-0.4, -0.2) is 45.3 Å². The quantitative estimate of drug-likeness (QED) is 0.712. The van der Waals surface area contributed by atoms with Gasteiger partial charge in [-0.1, -0.05) is 18.2 Å². The topological polar surface area (TPSA) is 62.8 Å². The van der Waals surface area contributed by atoms with Gasteiger partial charge in [-0.25, -0.2) is 0 Å². The van der Waals surface area contributed by atoms with Gasteiger partial charge in [0.2, 0.25) is 5.91 Å². The first-order valence-electron chi connectivity index (χ1n) is 10.2. The van der Waals surface area contributed by atoms with Crippen molar-refractivity contribution in [3.05, 3.63) is 48.5 Å². The van der Waals surface area contributed by atoms with E-state index in [1.807, 2.05) is 6.07 Å². The predicted molar refractivity (Wildman–Crippen MR) is 117 cm³/mol. The van der Waals surface area contributed by atoms with E-state index in [1.165, 1.54) is 5.69 Å². The van der Waals surface area contributed by atoms with Gasteiger partial charge in [0.25, 0.3) is 0 Å². The van der Waals surface area contributed by atoms with Crippen molar-refractivity contribution in [1.29, 1.82) is 0 Å². The molecule has 0 spiro atoms. The maximum absolute atomic E-state index is 12.5. The zero-order valence-corrected chi connectivity index (χ0v) is 17.5. The highest BCUT2D eigenvalue weighted by Gasteiger charge is 2.21. The van der Waals surface area contributed by atoms with Crippen LogP contribution in [0.1, 0.15) is 26.2 Å². The SMILES string of the molecule is COc1ccc(OC)c(NC(=O)CC(C)NC2CCN(c3ccccc3)CC2)c1. The number of methoxy groups -OCH3 is 2. The van der Waals surface area contributed by atoms with E-state index in [0.29, 0.717) is 29.6 Å². The first-order chi connectivity index (χ1) is 14.1. The number of rotatable bonds is 8. The molecule has 1 aliphatic rings. The minimum atomic E-state index is -0.0433. The molecule has 1 amide bonds. The molecular formula is C23H31N3O3. The lowest BCUT2D eigenvalue weighted by Gasteiger charge is -2.35. The van der Waals surface area contributed by atoms with Crippen molar-refractivity contribution in [3.8, 4) is 11.5 Å². The third-order valence-corrected chi connectivity index (χ3v) is 5.31. The average Bonchev–Trinajstić information content (AvgIpc) is 2.74. The monoisotopic (exact) mass is 397 g/mol. The van der Waals surface area contributed by atoms with Crippen molar-refractivity contribution in [1.82, 2.24) is 5.32 Å². The summed E-state index contributed by atoms with van der Waals surface area (Å²) in [6.07, 6.45) is 2.55. The van der Waals surface area contributed by atoms with Crippen LogP contribution in [0, 0.1) is 0 Å². The van der Waals surface area contributed by atoms with Crippen molar-refractivity contribution in [2.45, 2.75) is 38.3 Å². The molecule has 2 aromatic carbocycles. The van der Waals surface area contributed by atoms with E-state index in [9.17, 15) is 4.79 Å². The van der Waals surface area contributed by atoms with Crippen LogP contribution < -0.4 is 25.0 Å². The Hall–Kier alpha value is -2.73. The van der Waals surface area contributed by atoms with Gasteiger partial charge in [0, 0.05) is 43.3 Å². The number of carbonyl (C=O) groups excluding carboxylic acids is 1. The molecule has 6 heteroatoms. The normalized spacial score (nSPS) is 15.6. The van der Waals surface area contributed by atoms with E-state index < -0.39 is 0 Å². The number of hydrogen-bond acceptors (Lipinski definition) is 5. The van der Waals surface area contributed by atoms with Gasteiger partial charge >= 0.3 is 0 Å². The summed E-state index contributed by atoms with van der Waals surface area (Å²) in [5.41, 5.74) is 1.91. The molecule has 2 aromatic rings. The summed E-state index contributed by atoms with van der Waals surface area (Å²) >= 11 is 0. The Labute approximate surface area is 173 Å². The number of carbonyl (C=O) groups is 1. The fourth-order valence-electron chi connectivity index (χ4n) is 3.80. The van der Waals surface area contributed by atoms with E-state index in [0.717, 1.165) is 25.9 Å². The highest BCUT2D eigenvalue weighted by molar-refractivity contribution is 5.92. The molecule has 2 N–H and O–H groups in total. The minimum Gasteiger partial charge on any atom is -0.497 e. The standard InChI is InChI=1S/C23H31N3O3/c1-17(15-23(27)25-21-16-20(28-2)9-10-22(21)29-3)24-18-11-13-26(14-12-18)19-7-5-4-6-8-19/h4-10,16-18,24H,11-15H2,1-3H3,(H,25,27). The van der Waals surface area contributed by atoms with Gasteiger partial charge in [-0.3, -0.25) is 4.79 Å². The van der Waals surface area contributed by atoms with Crippen molar-refractivity contribution in [3.63, 3.8) is 0 Å². The van der Waals surface area contributed by atoms with Crippen LogP contribution in [0.25, 0.3) is 0 Å². The zero-order valence-electron chi connectivity index (χ0n) is 17.5. The van der Waals surface area contributed by atoms with Crippen LogP contribution in [0.2, 0.25) is 0 Å². The third-order valence-electron chi connectivity index (χ3n) is 5.31. The Balaban J connectivity index is 1.46. The Morgan fingerprint density at radius 3 is 2.48 bits per heavy atom. The summed E-state index contributed by atoms with van der Waals surface area (Å²) in [6.45, 7) is 4.12. The zero-order chi connectivity index (χ0) is 20.6. The molecule has 3 rings (SSSR count). The molecule has 0 radical (unpaired) electrons. The van der Waals surface area contributed by atoms with Gasteiger partial charge in [0.15, 0.2) is 0 Å². The van der Waals surface area contributed by atoms with E-state index in [2.05, 4.69) is 46.7 Å². The van der Waals surface area contributed by atoms with Crippen LogP contribution in [0.4, 0.5) is 11.4 Å². The number of anilines is 2. The summed E-state index contributed by atoms with van der Waals surface area (Å²) in [4.78, 5) is 14.9. The maximum atomic E-state index is 12.5. The first-order valence-corrected chi connectivity index (χ1v) is 10.2. The van der Waals surface area contributed by atoms with Crippen molar-refractivity contribution < 1.29 is 14.3 Å². The number of amides is 1. The molecule has 1 unspecified atom stereocenters. The second-order valence-electron chi connectivity index (χ2n) is 7.48. The number of ether oxygens (including phenoxy) is 2. The van der Waals surface area contributed by atoms with E-state index in [4.69, 9.17) is 9.47 Å². The van der Waals surface area contributed by atoms with Gasteiger partial charge in [-0.2, -0.15) is 0 Å². The van der Waals surface area contributed by atoms with Gasteiger partial charge < -0.3 is 25.0 Å². The Morgan fingerprint density at radius 1 is 1.10 bits per heavy atom. The van der Waals surface area contributed by atoms with Crippen molar-refractivity contribution in [2.24, 2.45) is 0 Å². The van der Waals surface area contributed by atoms with Crippen LogP contribution in [0.5, 0.6) is 11.5 Å². The highest BCUT2D eigenvalue weighted by Crippen LogP contribution is 2.29. The Bertz CT molecular complexity index is 789. The summed E-state index contributed by atoms with van der Waals surface area (Å²) in [7, 11) is 3.19. The van der Waals surface area contributed by atoms with E-state index in [1.54, 1.807) is 32.4 Å². The summed E-state index contributed by atoms with van der Waals surface area (Å²) < 4.78 is 10.6. The fraction of sp³-hybridized carbons (Fsp3) is 0.435. The number of nitrogens with one attached hydrogen (secondary N) is 2.